The Balaban J connectivity index is 4.01. The lowest BCUT2D eigenvalue weighted by Gasteiger charge is -2.24. The van der Waals surface area contributed by atoms with Gasteiger partial charge in [0.15, 0.2) is 0 Å². The second kappa shape index (κ2) is 7.36. The predicted octanol–water partition coefficient (Wildman–Crippen LogP) is 4.02. The van der Waals surface area contributed by atoms with Crippen LogP contribution in [-0.4, -0.2) is 29.1 Å². The zero-order chi connectivity index (χ0) is 14.4. The van der Waals surface area contributed by atoms with Gasteiger partial charge in [0, 0.05) is 0 Å². The van der Waals surface area contributed by atoms with Crippen LogP contribution in [-0.2, 0) is 4.74 Å². The highest BCUT2D eigenvalue weighted by molar-refractivity contribution is 6.20. The average molecular weight is 289 g/mol. The Hall–Kier alpha value is -0.260. The molecule has 18 heavy (non-hydrogen) atoms. The van der Waals surface area contributed by atoms with Crippen LogP contribution in [0.15, 0.2) is 11.6 Å². The third kappa shape index (κ3) is 7.95. The molecule has 0 spiro atoms. The summed E-state index contributed by atoms with van der Waals surface area (Å²) in [4.78, 5) is 0. The molecular weight excluding hydrogens is 269 g/mol. The number of ether oxygens (including phenoxy) is 1. The maximum Gasteiger partial charge on any atom is 0.400 e. The van der Waals surface area contributed by atoms with Crippen molar-refractivity contribution in [1.82, 2.24) is 0 Å². The molecule has 0 aliphatic rings. The van der Waals surface area contributed by atoms with Crippen molar-refractivity contribution in [3.8, 4) is 0 Å². The van der Waals surface area contributed by atoms with Gasteiger partial charge >= 0.3 is 6.11 Å². The molecule has 0 radical (unpaired) electrons. The average Bonchev–Trinajstić information content (AvgIpc) is 2.15. The molecule has 1 N–H and O–H groups in total. The monoisotopic (exact) mass is 288 g/mol. The molecular formula is C12H20ClF3O2. The van der Waals surface area contributed by atoms with Gasteiger partial charge in [0.1, 0.15) is 0 Å². The molecule has 0 rings (SSSR count). The van der Waals surface area contributed by atoms with Crippen molar-refractivity contribution in [1.29, 1.82) is 0 Å². The third-order valence-corrected chi connectivity index (χ3v) is 2.68. The normalized spacial score (nSPS) is 17.1. The molecule has 108 valence electrons. The van der Waals surface area contributed by atoms with Gasteiger partial charge in [-0.25, -0.2) is 4.39 Å². The summed E-state index contributed by atoms with van der Waals surface area (Å²) in [7, 11) is 0. The fraction of sp³-hybridized carbons (Fsp3) is 0.833. The highest BCUT2D eigenvalue weighted by atomic mass is 35.5. The Morgan fingerprint density at radius 3 is 2.39 bits per heavy atom. The minimum absolute atomic E-state index is 0.0111. The van der Waals surface area contributed by atoms with Gasteiger partial charge in [-0.3, -0.25) is 0 Å². The van der Waals surface area contributed by atoms with Crippen LogP contribution in [0.4, 0.5) is 13.2 Å². The molecule has 6 heteroatoms. The van der Waals surface area contributed by atoms with Crippen LogP contribution >= 0.6 is 11.6 Å². The van der Waals surface area contributed by atoms with Crippen molar-refractivity contribution in [2.75, 3.05) is 6.61 Å². The first-order valence-electron chi connectivity index (χ1n) is 5.72. The lowest BCUT2D eigenvalue weighted by Crippen LogP contribution is -2.33. The first-order valence-corrected chi connectivity index (χ1v) is 6.16. The SMILES string of the molecule is CC(C)=CCCC(C)(O)CCOC(F)(F)C(F)Cl. The lowest BCUT2D eigenvalue weighted by atomic mass is 9.96. The topological polar surface area (TPSA) is 29.5 Å². The van der Waals surface area contributed by atoms with E-state index in [-0.39, 0.29) is 6.42 Å². The van der Waals surface area contributed by atoms with Crippen molar-refractivity contribution in [3.05, 3.63) is 11.6 Å². The van der Waals surface area contributed by atoms with Gasteiger partial charge in [-0.05, 0) is 40.0 Å². The number of allylic oxidation sites excluding steroid dienone is 2. The largest absolute Gasteiger partial charge is 0.400 e. The van der Waals surface area contributed by atoms with Gasteiger partial charge in [0.2, 0.25) is 0 Å². The molecule has 0 amide bonds. The fourth-order valence-corrected chi connectivity index (χ4v) is 1.33. The zero-order valence-electron chi connectivity index (χ0n) is 10.9. The molecule has 2 atom stereocenters. The van der Waals surface area contributed by atoms with E-state index in [2.05, 4.69) is 16.3 Å². The van der Waals surface area contributed by atoms with Crippen molar-refractivity contribution >= 4 is 11.6 Å². The smallest absolute Gasteiger partial charge is 0.390 e. The summed E-state index contributed by atoms with van der Waals surface area (Å²) in [6, 6.07) is 0. The summed E-state index contributed by atoms with van der Waals surface area (Å²) in [5, 5.41) is 9.88. The standard InChI is InChI=1S/C12H20ClF3O2/c1-9(2)5-4-6-11(3,17)7-8-18-12(15,16)10(13)14/h5,10,17H,4,6-8H2,1-3H3. The first kappa shape index (κ1) is 17.7. The molecule has 0 aromatic rings. The summed E-state index contributed by atoms with van der Waals surface area (Å²) in [5.74, 6) is 0. The van der Waals surface area contributed by atoms with Crippen molar-refractivity contribution in [2.24, 2.45) is 0 Å². The second-order valence-corrected chi connectivity index (χ2v) is 5.16. The van der Waals surface area contributed by atoms with E-state index in [1.54, 1.807) is 0 Å². The van der Waals surface area contributed by atoms with Crippen LogP contribution in [0.25, 0.3) is 0 Å². The summed E-state index contributed by atoms with van der Waals surface area (Å²) < 4.78 is 41.6. The summed E-state index contributed by atoms with van der Waals surface area (Å²) in [6.07, 6.45) is -1.01. The van der Waals surface area contributed by atoms with Crippen LogP contribution in [0.1, 0.15) is 40.0 Å². The van der Waals surface area contributed by atoms with Crippen LogP contribution in [0.3, 0.4) is 0 Å². The van der Waals surface area contributed by atoms with Gasteiger partial charge in [0.25, 0.3) is 5.63 Å². The van der Waals surface area contributed by atoms with Crippen molar-refractivity contribution in [2.45, 2.75) is 57.4 Å². The van der Waals surface area contributed by atoms with Crippen molar-refractivity contribution in [3.63, 3.8) is 0 Å². The molecule has 0 aliphatic carbocycles. The summed E-state index contributed by atoms with van der Waals surface area (Å²) >= 11 is 4.63. The number of alkyl halides is 4. The molecule has 0 aromatic carbocycles. The van der Waals surface area contributed by atoms with Gasteiger partial charge in [0.05, 0.1) is 12.2 Å². The number of hydrogen-bond acceptors (Lipinski definition) is 2. The highest BCUT2D eigenvalue weighted by Crippen LogP contribution is 2.27. The van der Waals surface area contributed by atoms with E-state index in [0.29, 0.717) is 12.8 Å². The fourth-order valence-electron chi connectivity index (χ4n) is 1.27. The Morgan fingerprint density at radius 1 is 1.39 bits per heavy atom. The van der Waals surface area contributed by atoms with Crippen LogP contribution in [0.2, 0.25) is 0 Å². The van der Waals surface area contributed by atoms with Gasteiger partial charge in [-0.1, -0.05) is 23.3 Å². The lowest BCUT2D eigenvalue weighted by molar-refractivity contribution is -0.260. The van der Waals surface area contributed by atoms with E-state index in [4.69, 9.17) is 0 Å². The van der Waals surface area contributed by atoms with Gasteiger partial charge in [-0.15, -0.1) is 0 Å². The van der Waals surface area contributed by atoms with E-state index in [9.17, 15) is 18.3 Å². The molecule has 0 aromatic heterocycles. The van der Waals surface area contributed by atoms with Crippen LogP contribution in [0, 0.1) is 0 Å². The third-order valence-electron chi connectivity index (χ3n) is 2.42. The number of halogens is 4. The quantitative estimate of drug-likeness (QED) is 0.540. The number of rotatable bonds is 8. The second-order valence-electron chi connectivity index (χ2n) is 4.78. The maximum absolute atomic E-state index is 12.7. The summed E-state index contributed by atoms with van der Waals surface area (Å²) in [5.41, 5.74) is -2.88. The number of hydrogen-bond donors (Lipinski definition) is 1. The highest BCUT2D eigenvalue weighted by Gasteiger charge is 2.40. The van der Waals surface area contributed by atoms with Crippen molar-refractivity contribution < 1.29 is 23.0 Å². The molecule has 0 heterocycles. The van der Waals surface area contributed by atoms with E-state index >= 15 is 0 Å². The Kier molecular flexibility index (Phi) is 7.25. The molecule has 2 nitrogen and oxygen atoms in total. The van der Waals surface area contributed by atoms with Gasteiger partial charge < -0.3 is 9.84 Å². The van der Waals surface area contributed by atoms with Crippen LogP contribution < -0.4 is 0 Å². The molecule has 0 fully saturated rings. The summed E-state index contributed by atoms with van der Waals surface area (Å²) in [6.45, 7) is 4.93. The predicted molar refractivity (Wildman–Crippen MR) is 65.6 cm³/mol. The molecule has 0 saturated carbocycles. The van der Waals surface area contributed by atoms with Crippen LogP contribution in [0.5, 0.6) is 0 Å². The zero-order valence-corrected chi connectivity index (χ0v) is 11.6. The molecule has 0 aliphatic heterocycles. The first-order chi connectivity index (χ1) is 8.07. The molecule has 0 bridgehead atoms. The van der Waals surface area contributed by atoms with E-state index in [1.807, 2.05) is 19.9 Å². The van der Waals surface area contributed by atoms with E-state index in [1.165, 1.54) is 6.92 Å². The Labute approximate surface area is 111 Å². The van der Waals surface area contributed by atoms with E-state index < -0.39 is 23.9 Å². The Morgan fingerprint density at radius 2 is 1.94 bits per heavy atom. The molecule has 2 unspecified atom stereocenters. The molecule has 0 saturated heterocycles. The van der Waals surface area contributed by atoms with E-state index in [0.717, 1.165) is 5.57 Å². The van der Waals surface area contributed by atoms with Gasteiger partial charge in [-0.2, -0.15) is 8.78 Å². The number of aliphatic hydroxyl groups is 1. The Bertz CT molecular complexity index is 274. The maximum atomic E-state index is 12.7. The minimum atomic E-state index is -4.02. The minimum Gasteiger partial charge on any atom is -0.390 e.